The molecule has 4 aromatic rings. The largest absolute Gasteiger partial charge is 0.336 e. The third-order valence-electron chi connectivity index (χ3n) is 4.50. The van der Waals surface area contributed by atoms with Gasteiger partial charge >= 0.3 is 0 Å². The van der Waals surface area contributed by atoms with E-state index in [0.29, 0.717) is 21.5 Å². The summed E-state index contributed by atoms with van der Waals surface area (Å²) in [5.41, 5.74) is 2.42. The molecule has 0 N–H and O–H groups in total. The number of halogens is 3. The molecular weight excluding hydrogens is 462 g/mol. The molecule has 1 atom stereocenters. The van der Waals surface area contributed by atoms with Crippen molar-refractivity contribution < 1.29 is 9.18 Å². The van der Waals surface area contributed by atoms with Crippen LogP contribution in [-0.2, 0) is 6.54 Å². The van der Waals surface area contributed by atoms with E-state index in [2.05, 4.69) is 4.98 Å². The van der Waals surface area contributed by atoms with Gasteiger partial charge in [0.1, 0.15) is 5.82 Å². The molecule has 0 amide bonds. The van der Waals surface area contributed by atoms with Gasteiger partial charge in [0, 0.05) is 34.5 Å². The van der Waals surface area contributed by atoms with Crippen molar-refractivity contribution in [3.8, 4) is 11.1 Å². The Labute approximate surface area is 191 Å². The minimum Gasteiger partial charge on any atom is -0.336 e. The van der Waals surface area contributed by atoms with E-state index in [9.17, 15) is 9.18 Å². The Kier molecular flexibility index (Phi) is 6.58. The predicted octanol–water partition coefficient (Wildman–Crippen LogP) is 7.37. The van der Waals surface area contributed by atoms with Gasteiger partial charge in [-0.15, -0.1) is 11.3 Å². The van der Waals surface area contributed by atoms with Crippen molar-refractivity contribution in [2.75, 3.05) is 0 Å². The van der Waals surface area contributed by atoms with Gasteiger partial charge in [-0.05, 0) is 46.8 Å². The second-order valence-electron chi connectivity index (χ2n) is 6.49. The summed E-state index contributed by atoms with van der Waals surface area (Å²) in [6.45, 7) is 0.523. The number of hydrogen-bond acceptors (Lipinski definition) is 4. The summed E-state index contributed by atoms with van der Waals surface area (Å²) >= 11 is 15.1. The van der Waals surface area contributed by atoms with Gasteiger partial charge < -0.3 is 4.57 Å². The first-order valence-electron chi connectivity index (χ1n) is 8.96. The standard InChI is InChI=1S/C22H15Cl2FN2OS2/c23-15-3-6-18(19(24)11-15)20(12-27-9-8-26-13-27)30-22(28)21-17(7-10-29-21)14-1-4-16(25)5-2-14/h1-11,13,20H,12H2. The summed E-state index contributed by atoms with van der Waals surface area (Å²) in [5, 5.41) is 2.61. The highest BCUT2D eigenvalue weighted by atomic mass is 35.5. The van der Waals surface area contributed by atoms with Crippen molar-refractivity contribution in [3.05, 3.63) is 98.9 Å². The third kappa shape index (κ3) is 4.78. The number of nitrogens with zero attached hydrogens (tertiary/aromatic N) is 2. The Morgan fingerprint density at radius 2 is 1.97 bits per heavy atom. The summed E-state index contributed by atoms with van der Waals surface area (Å²) in [4.78, 5) is 18.0. The molecule has 3 nitrogen and oxygen atoms in total. The lowest BCUT2D eigenvalue weighted by Gasteiger charge is -2.18. The van der Waals surface area contributed by atoms with Gasteiger partial charge in [0.15, 0.2) is 0 Å². The van der Waals surface area contributed by atoms with Crippen LogP contribution in [0.4, 0.5) is 4.39 Å². The Morgan fingerprint density at radius 3 is 2.67 bits per heavy atom. The molecule has 0 radical (unpaired) electrons. The van der Waals surface area contributed by atoms with Crippen molar-refractivity contribution in [1.29, 1.82) is 0 Å². The lowest BCUT2D eigenvalue weighted by atomic mass is 10.1. The highest BCUT2D eigenvalue weighted by Gasteiger charge is 2.24. The van der Waals surface area contributed by atoms with Gasteiger partial charge in [0.05, 0.1) is 16.5 Å². The third-order valence-corrected chi connectivity index (χ3v) is 7.21. The first-order valence-corrected chi connectivity index (χ1v) is 11.5. The number of carbonyl (C=O) groups is 1. The maximum absolute atomic E-state index is 13.3. The van der Waals surface area contributed by atoms with Crippen LogP contribution in [0.1, 0.15) is 20.5 Å². The average molecular weight is 477 g/mol. The van der Waals surface area contributed by atoms with Gasteiger partial charge in [-0.2, -0.15) is 0 Å². The minimum atomic E-state index is -0.311. The van der Waals surface area contributed by atoms with E-state index in [1.54, 1.807) is 36.8 Å². The number of carbonyl (C=O) groups excluding carboxylic acids is 1. The van der Waals surface area contributed by atoms with Crippen molar-refractivity contribution >= 4 is 51.4 Å². The Morgan fingerprint density at radius 1 is 1.17 bits per heavy atom. The van der Waals surface area contributed by atoms with Crippen molar-refractivity contribution in [1.82, 2.24) is 9.55 Å². The van der Waals surface area contributed by atoms with Crippen LogP contribution in [0.25, 0.3) is 11.1 Å². The van der Waals surface area contributed by atoms with Crippen LogP contribution in [0.5, 0.6) is 0 Å². The molecule has 0 fully saturated rings. The Bertz CT molecular complexity index is 1160. The molecule has 0 spiro atoms. The van der Waals surface area contributed by atoms with E-state index < -0.39 is 0 Å². The van der Waals surface area contributed by atoms with E-state index in [1.165, 1.54) is 35.2 Å². The van der Waals surface area contributed by atoms with E-state index in [1.807, 2.05) is 28.3 Å². The van der Waals surface area contributed by atoms with Gasteiger partial charge in [0.25, 0.3) is 0 Å². The lowest BCUT2D eigenvalue weighted by Crippen LogP contribution is -2.08. The first kappa shape index (κ1) is 21.1. The maximum atomic E-state index is 13.3. The number of thiophene rings is 1. The molecule has 0 aliphatic rings. The Balaban J connectivity index is 1.64. The fourth-order valence-corrected chi connectivity index (χ4v) is 5.75. The van der Waals surface area contributed by atoms with Crippen LogP contribution < -0.4 is 0 Å². The Hall–Kier alpha value is -2.12. The number of hydrogen-bond donors (Lipinski definition) is 0. The molecule has 0 aliphatic carbocycles. The molecule has 4 rings (SSSR count). The maximum Gasteiger partial charge on any atom is 0.230 e. The van der Waals surface area contributed by atoms with Crippen LogP contribution in [0.2, 0.25) is 10.0 Å². The molecule has 152 valence electrons. The highest BCUT2D eigenvalue weighted by Crippen LogP contribution is 2.40. The summed E-state index contributed by atoms with van der Waals surface area (Å²) in [7, 11) is 0. The van der Waals surface area contributed by atoms with Gasteiger partial charge in [0.2, 0.25) is 5.12 Å². The fraction of sp³-hybridized carbons (Fsp3) is 0.0909. The SMILES string of the molecule is O=C(SC(Cn1ccnc1)c1ccc(Cl)cc1Cl)c1sccc1-c1ccc(F)cc1. The van der Waals surface area contributed by atoms with Gasteiger partial charge in [-0.3, -0.25) is 4.79 Å². The van der Waals surface area contributed by atoms with Crippen LogP contribution in [0.15, 0.2) is 72.6 Å². The van der Waals surface area contributed by atoms with Crippen molar-refractivity contribution in [2.45, 2.75) is 11.8 Å². The first-order chi connectivity index (χ1) is 14.5. The minimum absolute atomic E-state index is 0.0690. The zero-order chi connectivity index (χ0) is 21.1. The summed E-state index contributed by atoms with van der Waals surface area (Å²) < 4.78 is 15.2. The molecule has 8 heteroatoms. The van der Waals surface area contributed by atoms with Gasteiger partial charge in [-0.1, -0.05) is 53.2 Å². The van der Waals surface area contributed by atoms with Crippen LogP contribution in [-0.4, -0.2) is 14.7 Å². The molecule has 2 heterocycles. The molecule has 0 bridgehead atoms. The van der Waals surface area contributed by atoms with E-state index >= 15 is 0 Å². The van der Waals surface area contributed by atoms with E-state index in [0.717, 1.165) is 16.7 Å². The number of imidazole rings is 1. The molecule has 2 aromatic carbocycles. The number of aromatic nitrogens is 2. The molecule has 2 aromatic heterocycles. The summed E-state index contributed by atoms with van der Waals surface area (Å²) in [6, 6.07) is 13.3. The van der Waals surface area contributed by atoms with Crippen molar-refractivity contribution in [2.24, 2.45) is 0 Å². The van der Waals surface area contributed by atoms with Crippen LogP contribution in [0, 0.1) is 5.82 Å². The van der Waals surface area contributed by atoms with E-state index in [4.69, 9.17) is 23.2 Å². The topological polar surface area (TPSA) is 34.9 Å². The predicted molar refractivity (Wildman–Crippen MR) is 123 cm³/mol. The van der Waals surface area contributed by atoms with E-state index in [-0.39, 0.29) is 16.2 Å². The summed E-state index contributed by atoms with van der Waals surface area (Å²) in [6.07, 6.45) is 5.24. The van der Waals surface area contributed by atoms with Crippen molar-refractivity contribution in [3.63, 3.8) is 0 Å². The molecule has 1 unspecified atom stereocenters. The molecular formula is C22H15Cl2FN2OS2. The quantitative estimate of drug-likeness (QED) is 0.291. The molecule has 0 saturated carbocycles. The average Bonchev–Trinajstić information content (AvgIpc) is 3.40. The number of rotatable bonds is 6. The van der Waals surface area contributed by atoms with Crippen LogP contribution in [0.3, 0.4) is 0 Å². The number of thioether (sulfide) groups is 1. The second kappa shape index (κ2) is 9.35. The van der Waals surface area contributed by atoms with Gasteiger partial charge in [-0.25, -0.2) is 9.37 Å². The lowest BCUT2D eigenvalue weighted by molar-refractivity contribution is 0.109. The zero-order valence-corrected chi connectivity index (χ0v) is 18.6. The highest BCUT2D eigenvalue weighted by molar-refractivity contribution is 8.14. The monoisotopic (exact) mass is 476 g/mol. The smallest absolute Gasteiger partial charge is 0.230 e. The summed E-state index contributed by atoms with van der Waals surface area (Å²) in [5.74, 6) is -0.311. The normalized spacial score (nSPS) is 12.1. The zero-order valence-electron chi connectivity index (χ0n) is 15.5. The molecule has 30 heavy (non-hydrogen) atoms. The fourth-order valence-electron chi connectivity index (χ4n) is 3.05. The second-order valence-corrected chi connectivity index (χ2v) is 9.42. The molecule has 0 saturated heterocycles. The van der Waals surface area contributed by atoms with Crippen LogP contribution >= 0.6 is 46.3 Å². The molecule has 0 aliphatic heterocycles. The number of benzene rings is 2.